The molecule has 60 valence electrons. The Morgan fingerprint density at radius 3 is 2.73 bits per heavy atom. The van der Waals surface area contributed by atoms with Gasteiger partial charge in [-0.15, -0.1) is 0 Å². The summed E-state index contributed by atoms with van der Waals surface area (Å²) in [6.07, 6.45) is 0. The predicted octanol–water partition coefficient (Wildman–Crippen LogP) is 3.17. The van der Waals surface area contributed by atoms with Crippen LogP contribution in [0.2, 0.25) is 5.02 Å². The van der Waals surface area contributed by atoms with E-state index in [2.05, 4.69) is 38.5 Å². The molecular formula is C7H6BrClIN. The summed E-state index contributed by atoms with van der Waals surface area (Å²) in [4.78, 5) is 0. The zero-order valence-corrected chi connectivity index (χ0v) is 10.1. The summed E-state index contributed by atoms with van der Waals surface area (Å²) in [6.45, 7) is 0.511. The van der Waals surface area contributed by atoms with Crippen molar-refractivity contribution >= 4 is 50.1 Å². The lowest BCUT2D eigenvalue weighted by Gasteiger charge is -2.03. The van der Waals surface area contributed by atoms with E-state index in [0.29, 0.717) is 6.54 Å². The molecule has 0 aromatic heterocycles. The first-order valence-corrected chi connectivity index (χ1v) is 5.23. The minimum absolute atomic E-state index is 0.511. The molecule has 0 amide bonds. The third kappa shape index (κ3) is 2.31. The maximum atomic E-state index is 5.89. The van der Waals surface area contributed by atoms with Gasteiger partial charge in [-0.2, -0.15) is 0 Å². The summed E-state index contributed by atoms with van der Waals surface area (Å²) in [6, 6.07) is 3.90. The van der Waals surface area contributed by atoms with E-state index in [0.717, 1.165) is 18.6 Å². The minimum Gasteiger partial charge on any atom is -0.326 e. The van der Waals surface area contributed by atoms with Gasteiger partial charge in [0.1, 0.15) is 0 Å². The van der Waals surface area contributed by atoms with Gasteiger partial charge in [0.2, 0.25) is 0 Å². The van der Waals surface area contributed by atoms with Crippen molar-refractivity contribution in [1.82, 2.24) is 0 Å². The lowest BCUT2D eigenvalue weighted by atomic mass is 10.2. The molecule has 0 aliphatic carbocycles. The van der Waals surface area contributed by atoms with Crippen LogP contribution in [0.15, 0.2) is 16.6 Å². The number of nitrogens with two attached hydrogens (primary N) is 1. The SMILES string of the molecule is NCc1cc(I)cc(Cl)c1Br. The summed E-state index contributed by atoms with van der Waals surface area (Å²) in [7, 11) is 0. The first-order valence-electron chi connectivity index (χ1n) is 2.98. The van der Waals surface area contributed by atoms with E-state index in [1.165, 1.54) is 0 Å². The fraction of sp³-hybridized carbons (Fsp3) is 0.143. The molecule has 0 atom stereocenters. The monoisotopic (exact) mass is 345 g/mol. The highest BCUT2D eigenvalue weighted by molar-refractivity contribution is 14.1. The van der Waals surface area contributed by atoms with Crippen LogP contribution in [0.3, 0.4) is 0 Å². The molecule has 2 N–H and O–H groups in total. The third-order valence-corrected chi connectivity index (χ3v) is 3.37. The van der Waals surface area contributed by atoms with Crippen molar-refractivity contribution in [2.45, 2.75) is 6.54 Å². The van der Waals surface area contributed by atoms with E-state index >= 15 is 0 Å². The standard InChI is InChI=1S/C7H6BrClIN/c8-7-4(3-11)1-5(10)2-6(7)9/h1-2H,3,11H2. The molecule has 0 unspecified atom stereocenters. The molecule has 0 saturated carbocycles. The quantitative estimate of drug-likeness (QED) is 0.613. The summed E-state index contributed by atoms with van der Waals surface area (Å²) in [5.74, 6) is 0. The van der Waals surface area contributed by atoms with Crippen molar-refractivity contribution in [2.24, 2.45) is 5.73 Å². The second-order valence-corrected chi connectivity index (χ2v) is 4.51. The van der Waals surface area contributed by atoms with E-state index in [1.807, 2.05) is 12.1 Å². The average molecular weight is 346 g/mol. The fourth-order valence-electron chi connectivity index (χ4n) is 0.758. The maximum absolute atomic E-state index is 5.89. The van der Waals surface area contributed by atoms with Crippen molar-refractivity contribution in [3.8, 4) is 0 Å². The van der Waals surface area contributed by atoms with E-state index in [-0.39, 0.29) is 0 Å². The molecule has 0 aliphatic heterocycles. The Bertz CT molecular complexity index is 277. The van der Waals surface area contributed by atoms with Gasteiger partial charge in [-0.25, -0.2) is 0 Å². The predicted molar refractivity (Wildman–Crippen MR) is 59.8 cm³/mol. The summed E-state index contributed by atoms with van der Waals surface area (Å²) in [5.41, 5.74) is 6.54. The Hall–Kier alpha value is 0.680. The van der Waals surface area contributed by atoms with Gasteiger partial charge in [0.25, 0.3) is 0 Å². The summed E-state index contributed by atoms with van der Waals surface area (Å²) >= 11 is 11.5. The molecule has 0 saturated heterocycles. The van der Waals surface area contributed by atoms with Crippen LogP contribution in [0.1, 0.15) is 5.56 Å². The van der Waals surface area contributed by atoms with E-state index < -0.39 is 0 Å². The van der Waals surface area contributed by atoms with Gasteiger partial charge in [0, 0.05) is 14.6 Å². The highest BCUT2D eigenvalue weighted by Crippen LogP contribution is 2.28. The average Bonchev–Trinajstić information content (AvgIpc) is 1.96. The van der Waals surface area contributed by atoms with Crippen LogP contribution in [0.25, 0.3) is 0 Å². The van der Waals surface area contributed by atoms with Gasteiger partial charge in [-0.3, -0.25) is 0 Å². The molecule has 1 nitrogen and oxygen atoms in total. The number of benzene rings is 1. The molecule has 0 radical (unpaired) electrons. The Morgan fingerprint density at radius 1 is 1.55 bits per heavy atom. The number of rotatable bonds is 1. The molecule has 1 aromatic rings. The summed E-state index contributed by atoms with van der Waals surface area (Å²) in [5, 5.41) is 0.720. The normalized spacial score (nSPS) is 10.2. The van der Waals surface area contributed by atoms with Gasteiger partial charge in [0.05, 0.1) is 5.02 Å². The van der Waals surface area contributed by atoms with Crippen LogP contribution >= 0.6 is 50.1 Å². The van der Waals surface area contributed by atoms with E-state index in [4.69, 9.17) is 17.3 Å². The number of halogens is 3. The molecule has 0 aliphatic rings. The maximum Gasteiger partial charge on any atom is 0.0561 e. The second kappa shape index (κ2) is 4.07. The molecule has 0 spiro atoms. The lowest BCUT2D eigenvalue weighted by molar-refractivity contribution is 1.06. The van der Waals surface area contributed by atoms with E-state index in [9.17, 15) is 0 Å². The Kier molecular flexibility index (Phi) is 3.61. The number of hydrogen-bond acceptors (Lipinski definition) is 1. The third-order valence-electron chi connectivity index (χ3n) is 1.29. The largest absolute Gasteiger partial charge is 0.326 e. The zero-order chi connectivity index (χ0) is 8.43. The molecule has 11 heavy (non-hydrogen) atoms. The van der Waals surface area contributed by atoms with E-state index in [1.54, 1.807) is 0 Å². The van der Waals surface area contributed by atoms with Crippen molar-refractivity contribution in [1.29, 1.82) is 0 Å². The van der Waals surface area contributed by atoms with Crippen LogP contribution in [-0.4, -0.2) is 0 Å². The first kappa shape index (κ1) is 9.77. The molecule has 0 heterocycles. The van der Waals surface area contributed by atoms with Gasteiger partial charge >= 0.3 is 0 Å². The van der Waals surface area contributed by atoms with Gasteiger partial charge in [-0.1, -0.05) is 11.6 Å². The molecule has 4 heteroatoms. The van der Waals surface area contributed by atoms with Gasteiger partial charge in [0.15, 0.2) is 0 Å². The van der Waals surface area contributed by atoms with Crippen LogP contribution in [0.4, 0.5) is 0 Å². The fourth-order valence-corrected chi connectivity index (χ4v) is 2.26. The Labute approximate surface area is 92.6 Å². The molecule has 0 fully saturated rings. The molecule has 1 rings (SSSR count). The topological polar surface area (TPSA) is 26.0 Å². The van der Waals surface area contributed by atoms with Crippen LogP contribution < -0.4 is 5.73 Å². The van der Waals surface area contributed by atoms with Crippen LogP contribution in [-0.2, 0) is 6.54 Å². The molecule has 0 bridgehead atoms. The van der Waals surface area contributed by atoms with Crippen LogP contribution in [0.5, 0.6) is 0 Å². The Balaban J connectivity index is 3.24. The minimum atomic E-state index is 0.511. The Morgan fingerprint density at radius 2 is 2.18 bits per heavy atom. The molecular weight excluding hydrogens is 340 g/mol. The second-order valence-electron chi connectivity index (χ2n) is 2.06. The number of hydrogen-bond donors (Lipinski definition) is 1. The summed E-state index contributed by atoms with van der Waals surface area (Å²) < 4.78 is 2.01. The van der Waals surface area contributed by atoms with Gasteiger partial charge in [-0.05, 0) is 56.2 Å². The zero-order valence-electron chi connectivity index (χ0n) is 5.57. The highest BCUT2D eigenvalue weighted by atomic mass is 127. The molecule has 1 aromatic carbocycles. The smallest absolute Gasteiger partial charge is 0.0561 e. The first-order chi connectivity index (χ1) is 5.15. The van der Waals surface area contributed by atoms with Crippen molar-refractivity contribution < 1.29 is 0 Å². The van der Waals surface area contributed by atoms with Crippen LogP contribution in [0, 0.1) is 3.57 Å². The van der Waals surface area contributed by atoms with Crippen molar-refractivity contribution in [2.75, 3.05) is 0 Å². The van der Waals surface area contributed by atoms with Crippen molar-refractivity contribution in [3.05, 3.63) is 30.8 Å². The van der Waals surface area contributed by atoms with Crippen molar-refractivity contribution in [3.63, 3.8) is 0 Å². The highest BCUT2D eigenvalue weighted by Gasteiger charge is 2.03. The van der Waals surface area contributed by atoms with Gasteiger partial charge < -0.3 is 5.73 Å². The lowest BCUT2D eigenvalue weighted by Crippen LogP contribution is -1.98.